The van der Waals surface area contributed by atoms with Crippen LogP contribution in [0.1, 0.15) is 17.2 Å². The molecule has 6 heteroatoms. The topological polar surface area (TPSA) is 38.0 Å². The van der Waals surface area contributed by atoms with Gasteiger partial charge in [-0.25, -0.2) is 8.78 Å². The number of hydrogen-bond acceptors (Lipinski definition) is 3. The number of rotatable bonds is 5. The number of nitrogens with two attached hydrogens (primary N) is 1. The molecule has 2 aromatic carbocycles. The van der Waals surface area contributed by atoms with E-state index in [1.807, 2.05) is 18.2 Å². The number of halogens is 3. The zero-order valence-corrected chi connectivity index (χ0v) is 12.9. The normalized spacial score (nSPS) is 12.4. The molecule has 0 amide bonds. The van der Waals surface area contributed by atoms with Gasteiger partial charge in [-0.05, 0) is 30.7 Å². The molecule has 0 saturated heterocycles. The third-order valence-electron chi connectivity index (χ3n) is 3.11. The molecule has 0 aromatic heterocycles. The molecule has 0 fully saturated rings. The molecule has 0 radical (unpaired) electrons. The fourth-order valence-corrected chi connectivity index (χ4v) is 3.24. The highest BCUT2D eigenvalue weighted by molar-refractivity contribution is 7.99. The monoisotopic (exact) mass is 328 g/mol. The molecule has 1 atom stereocenters. The van der Waals surface area contributed by atoms with Gasteiger partial charge in [-0.3, -0.25) is 11.3 Å². The number of aryl methyl sites for hydroxylation is 1. The minimum atomic E-state index is -0.647. The lowest BCUT2D eigenvalue weighted by molar-refractivity contribution is 0.496. The molecule has 112 valence electrons. The van der Waals surface area contributed by atoms with Crippen molar-refractivity contribution in [2.24, 2.45) is 5.84 Å². The zero-order chi connectivity index (χ0) is 15.4. The average molecular weight is 329 g/mol. The Balaban J connectivity index is 2.22. The fourth-order valence-electron chi connectivity index (χ4n) is 1.95. The summed E-state index contributed by atoms with van der Waals surface area (Å²) < 4.78 is 28.0. The van der Waals surface area contributed by atoms with Crippen LogP contribution in [0.2, 0.25) is 5.02 Å². The van der Waals surface area contributed by atoms with E-state index in [0.717, 1.165) is 4.90 Å². The number of hydrazine groups is 1. The van der Waals surface area contributed by atoms with Gasteiger partial charge in [0.15, 0.2) is 0 Å². The van der Waals surface area contributed by atoms with Crippen LogP contribution in [0.25, 0.3) is 0 Å². The van der Waals surface area contributed by atoms with Crippen LogP contribution in [0.3, 0.4) is 0 Å². The van der Waals surface area contributed by atoms with Crippen molar-refractivity contribution >= 4 is 23.4 Å². The van der Waals surface area contributed by atoms with Gasteiger partial charge in [-0.2, -0.15) is 0 Å². The summed E-state index contributed by atoms with van der Waals surface area (Å²) in [6, 6.07) is 9.30. The fraction of sp³-hybridized carbons (Fsp3) is 0.200. The van der Waals surface area contributed by atoms with Crippen molar-refractivity contribution in [3.63, 3.8) is 0 Å². The van der Waals surface area contributed by atoms with Crippen LogP contribution in [-0.2, 0) is 0 Å². The maximum Gasteiger partial charge on any atom is 0.133 e. The lowest BCUT2D eigenvalue weighted by Crippen LogP contribution is -2.31. The molecule has 21 heavy (non-hydrogen) atoms. The number of thioether (sulfide) groups is 1. The standard InChI is InChI=1S/C15H15ClF2N2S/c1-9-6-7-11(17)14(15(9)18)12(20-19)8-21-13-5-3-2-4-10(13)16/h2-7,12,20H,8,19H2,1H3. The van der Waals surface area contributed by atoms with Crippen molar-refractivity contribution in [3.05, 3.63) is 64.2 Å². The predicted octanol–water partition coefficient (Wildman–Crippen LogP) is 4.22. The van der Waals surface area contributed by atoms with Crippen molar-refractivity contribution in [2.45, 2.75) is 17.9 Å². The van der Waals surface area contributed by atoms with Gasteiger partial charge in [0.05, 0.1) is 11.1 Å². The van der Waals surface area contributed by atoms with Crippen LogP contribution in [-0.4, -0.2) is 5.75 Å². The van der Waals surface area contributed by atoms with Gasteiger partial charge in [-0.1, -0.05) is 29.8 Å². The molecule has 0 bridgehead atoms. The summed E-state index contributed by atoms with van der Waals surface area (Å²) in [6.07, 6.45) is 0. The van der Waals surface area contributed by atoms with Gasteiger partial charge >= 0.3 is 0 Å². The van der Waals surface area contributed by atoms with Gasteiger partial charge in [0.1, 0.15) is 11.6 Å². The summed E-state index contributed by atoms with van der Waals surface area (Å²) in [5.74, 6) is 4.64. The van der Waals surface area contributed by atoms with E-state index in [1.165, 1.54) is 23.9 Å². The minimum Gasteiger partial charge on any atom is -0.271 e. The second kappa shape index (κ2) is 7.22. The molecule has 2 nitrogen and oxygen atoms in total. The highest BCUT2D eigenvalue weighted by atomic mass is 35.5. The van der Waals surface area contributed by atoms with Crippen LogP contribution >= 0.6 is 23.4 Å². The van der Waals surface area contributed by atoms with E-state index in [9.17, 15) is 8.78 Å². The molecule has 0 aliphatic carbocycles. The Bertz CT molecular complexity index is 637. The SMILES string of the molecule is Cc1ccc(F)c(C(CSc2ccccc2Cl)NN)c1F. The van der Waals surface area contributed by atoms with Crippen molar-refractivity contribution < 1.29 is 8.78 Å². The van der Waals surface area contributed by atoms with E-state index in [0.29, 0.717) is 16.3 Å². The summed E-state index contributed by atoms with van der Waals surface area (Å²) in [4.78, 5) is 0.841. The van der Waals surface area contributed by atoms with Crippen LogP contribution in [0.5, 0.6) is 0 Å². The zero-order valence-electron chi connectivity index (χ0n) is 11.4. The summed E-state index contributed by atoms with van der Waals surface area (Å²) >= 11 is 7.45. The van der Waals surface area contributed by atoms with Crippen molar-refractivity contribution in [3.8, 4) is 0 Å². The molecule has 0 spiro atoms. The first-order chi connectivity index (χ1) is 10.0. The van der Waals surface area contributed by atoms with Crippen LogP contribution in [0.4, 0.5) is 8.78 Å². The summed E-state index contributed by atoms with van der Waals surface area (Å²) in [5.41, 5.74) is 2.81. The number of benzene rings is 2. The number of hydrogen-bond donors (Lipinski definition) is 2. The minimum absolute atomic E-state index is 0.0444. The van der Waals surface area contributed by atoms with E-state index in [4.69, 9.17) is 17.4 Å². The summed E-state index contributed by atoms with van der Waals surface area (Å²) in [5, 5.41) is 0.600. The summed E-state index contributed by atoms with van der Waals surface area (Å²) in [6.45, 7) is 1.59. The van der Waals surface area contributed by atoms with E-state index in [-0.39, 0.29) is 5.56 Å². The Labute approximate surface area is 131 Å². The van der Waals surface area contributed by atoms with Crippen LogP contribution in [0.15, 0.2) is 41.3 Å². The van der Waals surface area contributed by atoms with Gasteiger partial charge in [0.25, 0.3) is 0 Å². The van der Waals surface area contributed by atoms with Crippen LogP contribution in [0, 0.1) is 18.6 Å². The van der Waals surface area contributed by atoms with Crippen molar-refractivity contribution in [1.82, 2.24) is 5.43 Å². The lowest BCUT2D eigenvalue weighted by atomic mass is 10.0. The maximum atomic E-state index is 14.1. The van der Waals surface area contributed by atoms with E-state index < -0.39 is 17.7 Å². The maximum absolute atomic E-state index is 14.1. The quantitative estimate of drug-likeness (QED) is 0.490. The Hall–Kier alpha value is -1.14. The molecular formula is C15H15ClF2N2S. The Morgan fingerprint density at radius 1 is 1.24 bits per heavy atom. The largest absolute Gasteiger partial charge is 0.271 e. The van der Waals surface area contributed by atoms with Crippen molar-refractivity contribution in [2.75, 3.05) is 5.75 Å². The Morgan fingerprint density at radius 2 is 1.95 bits per heavy atom. The number of nitrogens with one attached hydrogen (secondary N) is 1. The van der Waals surface area contributed by atoms with E-state index >= 15 is 0 Å². The first-order valence-corrected chi connectivity index (χ1v) is 7.69. The molecule has 0 aliphatic heterocycles. The Kier molecular flexibility index (Phi) is 5.58. The first kappa shape index (κ1) is 16.2. The van der Waals surface area contributed by atoms with Crippen molar-refractivity contribution in [1.29, 1.82) is 0 Å². The lowest BCUT2D eigenvalue weighted by Gasteiger charge is -2.18. The first-order valence-electron chi connectivity index (χ1n) is 6.32. The van der Waals surface area contributed by atoms with Gasteiger partial charge in [0, 0.05) is 16.2 Å². The van der Waals surface area contributed by atoms with E-state index in [1.54, 1.807) is 13.0 Å². The highest BCUT2D eigenvalue weighted by Gasteiger charge is 2.21. The smallest absolute Gasteiger partial charge is 0.133 e. The molecular weight excluding hydrogens is 314 g/mol. The average Bonchev–Trinajstić information content (AvgIpc) is 2.48. The summed E-state index contributed by atoms with van der Waals surface area (Å²) in [7, 11) is 0. The Morgan fingerprint density at radius 3 is 2.62 bits per heavy atom. The molecule has 2 rings (SSSR count). The molecule has 0 heterocycles. The molecule has 0 saturated carbocycles. The van der Waals surface area contributed by atoms with Gasteiger partial charge < -0.3 is 0 Å². The third kappa shape index (κ3) is 3.74. The van der Waals surface area contributed by atoms with Gasteiger partial charge in [-0.15, -0.1) is 11.8 Å². The molecule has 3 N–H and O–H groups in total. The van der Waals surface area contributed by atoms with E-state index in [2.05, 4.69) is 5.43 Å². The van der Waals surface area contributed by atoms with Crippen LogP contribution < -0.4 is 11.3 Å². The molecule has 1 unspecified atom stereocenters. The third-order valence-corrected chi connectivity index (χ3v) is 4.72. The second-order valence-electron chi connectivity index (χ2n) is 4.55. The predicted molar refractivity (Wildman–Crippen MR) is 83.3 cm³/mol. The molecule has 2 aromatic rings. The second-order valence-corrected chi connectivity index (χ2v) is 6.02. The van der Waals surface area contributed by atoms with Gasteiger partial charge in [0.2, 0.25) is 0 Å². The molecule has 0 aliphatic rings. The highest BCUT2D eigenvalue weighted by Crippen LogP contribution is 2.32.